The molecule has 3 rings (SSSR count). The van der Waals surface area contributed by atoms with Crippen molar-refractivity contribution in [2.24, 2.45) is 0 Å². The summed E-state index contributed by atoms with van der Waals surface area (Å²) >= 11 is 6.01. The van der Waals surface area contributed by atoms with E-state index < -0.39 is 5.82 Å². The Morgan fingerprint density at radius 3 is 2.62 bits per heavy atom. The van der Waals surface area contributed by atoms with Crippen LogP contribution in [0.4, 0.5) is 10.1 Å². The zero-order valence-corrected chi connectivity index (χ0v) is 14.4. The molecule has 0 bridgehead atoms. The maximum Gasteiger partial charge on any atom is 0.255 e. The Hall–Kier alpha value is -2.07. The number of rotatable bonds is 4. The van der Waals surface area contributed by atoms with Crippen LogP contribution in [0.3, 0.4) is 0 Å². The molecule has 0 N–H and O–H groups in total. The van der Waals surface area contributed by atoms with Crippen molar-refractivity contribution >= 4 is 23.2 Å². The van der Waals surface area contributed by atoms with E-state index in [4.69, 9.17) is 11.6 Å². The van der Waals surface area contributed by atoms with Crippen LogP contribution in [0.2, 0.25) is 5.02 Å². The molecule has 2 aromatic carbocycles. The number of hydrogen-bond acceptors (Lipinski definition) is 2. The van der Waals surface area contributed by atoms with Gasteiger partial charge in [0.15, 0.2) is 0 Å². The monoisotopic (exact) mass is 346 g/mol. The molecule has 0 aromatic heterocycles. The number of carbonyl (C=O) groups is 1. The molecule has 1 heterocycles. The lowest BCUT2D eigenvalue weighted by atomic mass is 10.1. The Balaban J connectivity index is 1.79. The lowest BCUT2D eigenvalue weighted by molar-refractivity contribution is 0.0785. The molecular weight excluding hydrogens is 327 g/mol. The lowest BCUT2D eigenvalue weighted by Gasteiger charge is -2.24. The number of anilines is 1. The maximum absolute atomic E-state index is 13.2. The molecule has 1 amide bonds. The second kappa shape index (κ2) is 7.22. The average molecular weight is 347 g/mol. The van der Waals surface area contributed by atoms with Crippen molar-refractivity contribution < 1.29 is 9.18 Å². The summed E-state index contributed by atoms with van der Waals surface area (Å²) in [5.41, 5.74) is 2.60. The fourth-order valence-electron chi connectivity index (χ4n) is 3.11. The fourth-order valence-corrected chi connectivity index (χ4v) is 3.35. The summed E-state index contributed by atoms with van der Waals surface area (Å²) in [4.78, 5) is 16.6. The first-order valence-electron chi connectivity index (χ1n) is 8.09. The van der Waals surface area contributed by atoms with Crippen LogP contribution in [0.15, 0.2) is 42.5 Å². The fraction of sp³-hybridized carbons (Fsp3) is 0.316. The van der Waals surface area contributed by atoms with Crippen LogP contribution >= 0.6 is 11.6 Å². The van der Waals surface area contributed by atoms with E-state index >= 15 is 0 Å². The van der Waals surface area contributed by atoms with E-state index in [0.717, 1.165) is 18.7 Å². The topological polar surface area (TPSA) is 23.6 Å². The molecule has 126 valence electrons. The highest BCUT2D eigenvalue weighted by Crippen LogP contribution is 2.26. The van der Waals surface area contributed by atoms with Crippen LogP contribution in [0.25, 0.3) is 0 Å². The van der Waals surface area contributed by atoms with Gasteiger partial charge in [-0.15, -0.1) is 0 Å². The minimum atomic E-state index is -0.446. The third kappa shape index (κ3) is 3.54. The molecule has 0 atom stereocenters. The first-order valence-corrected chi connectivity index (χ1v) is 8.47. The number of amides is 1. The molecule has 1 aliphatic rings. The molecule has 3 nitrogen and oxygen atoms in total. The van der Waals surface area contributed by atoms with E-state index in [1.54, 1.807) is 11.9 Å². The van der Waals surface area contributed by atoms with Crippen LogP contribution in [-0.2, 0) is 6.54 Å². The number of hydrogen-bond donors (Lipinski definition) is 0. The van der Waals surface area contributed by atoms with Gasteiger partial charge in [-0.2, -0.15) is 0 Å². The third-order valence-electron chi connectivity index (χ3n) is 4.35. The molecule has 1 aliphatic heterocycles. The second-order valence-corrected chi connectivity index (χ2v) is 6.52. The minimum absolute atomic E-state index is 0.139. The standard InChI is InChI=1S/C19H20ClFN2O/c1-22(19(24)16-9-8-15(21)12-17(16)20)13-14-6-2-3-7-18(14)23-10-4-5-11-23/h2-3,6-9,12H,4-5,10-11,13H2,1H3. The summed E-state index contributed by atoms with van der Waals surface area (Å²) in [6.07, 6.45) is 2.41. The van der Waals surface area contributed by atoms with E-state index in [2.05, 4.69) is 11.0 Å². The van der Waals surface area contributed by atoms with E-state index in [0.29, 0.717) is 12.1 Å². The predicted molar refractivity (Wildman–Crippen MR) is 95.1 cm³/mol. The zero-order valence-electron chi connectivity index (χ0n) is 13.6. The Labute approximate surface area is 146 Å². The highest BCUT2D eigenvalue weighted by molar-refractivity contribution is 6.33. The Bertz CT molecular complexity index is 744. The van der Waals surface area contributed by atoms with Gasteiger partial charge in [-0.05, 0) is 42.7 Å². The van der Waals surface area contributed by atoms with Crippen LogP contribution in [-0.4, -0.2) is 30.9 Å². The molecule has 0 saturated carbocycles. The molecule has 0 spiro atoms. The summed E-state index contributed by atoms with van der Waals surface area (Å²) < 4.78 is 13.2. The second-order valence-electron chi connectivity index (χ2n) is 6.11. The summed E-state index contributed by atoms with van der Waals surface area (Å²) in [5, 5.41) is 0.139. The van der Waals surface area contributed by atoms with Gasteiger partial charge in [0, 0.05) is 32.4 Å². The van der Waals surface area contributed by atoms with Gasteiger partial charge in [0.1, 0.15) is 5.82 Å². The highest BCUT2D eigenvalue weighted by atomic mass is 35.5. The zero-order chi connectivity index (χ0) is 17.1. The normalized spacial score (nSPS) is 14.0. The number of carbonyl (C=O) groups excluding carboxylic acids is 1. The van der Waals surface area contributed by atoms with Gasteiger partial charge >= 0.3 is 0 Å². The molecule has 24 heavy (non-hydrogen) atoms. The van der Waals surface area contributed by atoms with Gasteiger partial charge in [0.25, 0.3) is 5.91 Å². The molecule has 0 radical (unpaired) electrons. The van der Waals surface area contributed by atoms with Crippen molar-refractivity contribution in [2.75, 3.05) is 25.0 Å². The quantitative estimate of drug-likeness (QED) is 0.821. The van der Waals surface area contributed by atoms with Crippen LogP contribution in [0.5, 0.6) is 0 Å². The number of para-hydroxylation sites is 1. The van der Waals surface area contributed by atoms with Crippen molar-refractivity contribution in [1.82, 2.24) is 4.90 Å². The number of nitrogens with zero attached hydrogens (tertiary/aromatic N) is 2. The van der Waals surface area contributed by atoms with Crippen molar-refractivity contribution in [1.29, 1.82) is 0 Å². The maximum atomic E-state index is 13.2. The largest absolute Gasteiger partial charge is 0.371 e. The van der Waals surface area contributed by atoms with E-state index in [1.807, 2.05) is 18.2 Å². The number of halogens is 2. The Kier molecular flexibility index (Phi) is 5.05. The first kappa shape index (κ1) is 16.8. The molecule has 1 fully saturated rings. The molecule has 2 aromatic rings. The predicted octanol–water partition coefficient (Wildman–Crippen LogP) is 4.35. The van der Waals surface area contributed by atoms with Gasteiger partial charge in [-0.25, -0.2) is 4.39 Å². The van der Waals surface area contributed by atoms with Crippen LogP contribution in [0, 0.1) is 5.82 Å². The SMILES string of the molecule is CN(Cc1ccccc1N1CCCC1)C(=O)c1ccc(F)cc1Cl. The van der Waals surface area contributed by atoms with Crippen LogP contribution in [0.1, 0.15) is 28.8 Å². The van der Waals surface area contributed by atoms with Gasteiger partial charge in [0.05, 0.1) is 10.6 Å². The molecule has 1 saturated heterocycles. The van der Waals surface area contributed by atoms with Crippen molar-refractivity contribution in [3.05, 3.63) is 64.4 Å². The van der Waals surface area contributed by atoms with Crippen LogP contribution < -0.4 is 4.90 Å². The number of benzene rings is 2. The summed E-state index contributed by atoms with van der Waals surface area (Å²) in [5.74, 6) is -0.658. The average Bonchev–Trinajstić information content (AvgIpc) is 3.09. The van der Waals surface area contributed by atoms with Gasteiger partial charge in [0.2, 0.25) is 0 Å². The van der Waals surface area contributed by atoms with Gasteiger partial charge in [-0.3, -0.25) is 4.79 Å². The summed E-state index contributed by atoms with van der Waals surface area (Å²) in [6.45, 7) is 2.59. The van der Waals surface area contributed by atoms with E-state index in [1.165, 1.54) is 36.7 Å². The smallest absolute Gasteiger partial charge is 0.255 e. The van der Waals surface area contributed by atoms with Crippen molar-refractivity contribution in [3.63, 3.8) is 0 Å². The van der Waals surface area contributed by atoms with Crippen molar-refractivity contribution in [3.8, 4) is 0 Å². The van der Waals surface area contributed by atoms with E-state index in [9.17, 15) is 9.18 Å². The first-order chi connectivity index (χ1) is 11.6. The highest BCUT2D eigenvalue weighted by Gasteiger charge is 2.19. The van der Waals surface area contributed by atoms with Gasteiger partial charge in [-0.1, -0.05) is 29.8 Å². The third-order valence-corrected chi connectivity index (χ3v) is 4.67. The molecule has 5 heteroatoms. The summed E-state index contributed by atoms with van der Waals surface area (Å²) in [6, 6.07) is 12.0. The Morgan fingerprint density at radius 1 is 1.21 bits per heavy atom. The Morgan fingerprint density at radius 2 is 1.92 bits per heavy atom. The van der Waals surface area contributed by atoms with Crippen molar-refractivity contribution in [2.45, 2.75) is 19.4 Å². The lowest BCUT2D eigenvalue weighted by Crippen LogP contribution is -2.28. The minimum Gasteiger partial charge on any atom is -0.371 e. The van der Waals surface area contributed by atoms with E-state index in [-0.39, 0.29) is 10.9 Å². The molecule has 0 aliphatic carbocycles. The molecule has 0 unspecified atom stereocenters. The van der Waals surface area contributed by atoms with Gasteiger partial charge < -0.3 is 9.80 Å². The molecular formula is C19H20ClFN2O. The summed E-state index contributed by atoms with van der Waals surface area (Å²) in [7, 11) is 1.74.